The van der Waals surface area contributed by atoms with Gasteiger partial charge in [-0.25, -0.2) is 0 Å². The zero-order valence-corrected chi connectivity index (χ0v) is 12.4. The molecule has 1 atom stereocenters. The van der Waals surface area contributed by atoms with Gasteiger partial charge in [-0.2, -0.15) is 0 Å². The Kier molecular flexibility index (Phi) is 4.74. The lowest BCUT2D eigenvalue weighted by molar-refractivity contribution is -0.122. The molecule has 2 aromatic rings. The van der Waals surface area contributed by atoms with Crippen molar-refractivity contribution in [3.63, 3.8) is 0 Å². The molecule has 2 aromatic carbocycles. The number of carbonyl (C=O) groups excluding carboxylic acids is 1. The van der Waals surface area contributed by atoms with Crippen LogP contribution in [0.3, 0.4) is 0 Å². The van der Waals surface area contributed by atoms with Crippen molar-refractivity contribution < 1.29 is 4.79 Å². The number of rotatable bonds is 4. The maximum atomic E-state index is 12.1. The third kappa shape index (κ3) is 3.67. The van der Waals surface area contributed by atoms with Crippen LogP contribution in [0.25, 0.3) is 0 Å². The van der Waals surface area contributed by atoms with Crippen LogP contribution in [-0.4, -0.2) is 5.91 Å². The highest BCUT2D eigenvalue weighted by Gasteiger charge is 2.14. The van der Waals surface area contributed by atoms with Crippen LogP contribution in [0.2, 0.25) is 0 Å². The molecule has 3 heteroatoms. The van der Waals surface area contributed by atoms with Gasteiger partial charge in [-0.05, 0) is 24.1 Å². The summed E-state index contributed by atoms with van der Waals surface area (Å²) in [6.45, 7) is 2.46. The molecule has 0 aliphatic rings. The van der Waals surface area contributed by atoms with E-state index in [0.717, 1.165) is 15.6 Å². The van der Waals surface area contributed by atoms with Gasteiger partial charge in [-0.15, -0.1) is 0 Å². The molecule has 1 amide bonds. The summed E-state index contributed by atoms with van der Waals surface area (Å²) in [6, 6.07) is 17.7. The molecule has 0 bridgehead atoms. The van der Waals surface area contributed by atoms with Crippen LogP contribution in [-0.2, 0) is 11.3 Å². The van der Waals surface area contributed by atoms with Crippen molar-refractivity contribution in [2.45, 2.75) is 19.4 Å². The van der Waals surface area contributed by atoms with E-state index in [2.05, 4.69) is 21.2 Å². The van der Waals surface area contributed by atoms with Gasteiger partial charge in [0.15, 0.2) is 0 Å². The zero-order valence-electron chi connectivity index (χ0n) is 10.8. The average molecular weight is 318 g/mol. The second-order valence-corrected chi connectivity index (χ2v) is 5.30. The monoisotopic (exact) mass is 317 g/mol. The van der Waals surface area contributed by atoms with E-state index in [1.807, 2.05) is 61.5 Å². The van der Waals surface area contributed by atoms with Crippen molar-refractivity contribution in [1.82, 2.24) is 5.32 Å². The fraction of sp³-hybridized carbons (Fsp3) is 0.188. The quantitative estimate of drug-likeness (QED) is 0.911. The van der Waals surface area contributed by atoms with Gasteiger partial charge in [-0.1, -0.05) is 64.5 Å². The molecule has 0 saturated carbocycles. The topological polar surface area (TPSA) is 29.1 Å². The summed E-state index contributed by atoms with van der Waals surface area (Å²) in [5.41, 5.74) is 2.11. The van der Waals surface area contributed by atoms with Crippen LogP contribution in [0.15, 0.2) is 59.1 Å². The SMILES string of the molecule is CC(C(=O)NCc1ccccc1Br)c1ccccc1. The second kappa shape index (κ2) is 6.53. The highest BCUT2D eigenvalue weighted by Crippen LogP contribution is 2.17. The van der Waals surface area contributed by atoms with E-state index in [9.17, 15) is 4.79 Å². The summed E-state index contributed by atoms with van der Waals surface area (Å²) in [7, 11) is 0. The fourth-order valence-corrected chi connectivity index (χ4v) is 2.30. The lowest BCUT2D eigenvalue weighted by Crippen LogP contribution is -2.27. The van der Waals surface area contributed by atoms with Gasteiger partial charge in [0.25, 0.3) is 0 Å². The fourth-order valence-electron chi connectivity index (χ4n) is 1.87. The molecule has 2 nitrogen and oxygen atoms in total. The lowest BCUT2D eigenvalue weighted by atomic mass is 10.0. The van der Waals surface area contributed by atoms with Crippen molar-refractivity contribution in [1.29, 1.82) is 0 Å². The molecule has 0 radical (unpaired) electrons. The number of nitrogens with one attached hydrogen (secondary N) is 1. The molecule has 1 unspecified atom stereocenters. The van der Waals surface area contributed by atoms with Gasteiger partial charge in [0, 0.05) is 11.0 Å². The van der Waals surface area contributed by atoms with Gasteiger partial charge in [0.2, 0.25) is 5.91 Å². The van der Waals surface area contributed by atoms with Crippen LogP contribution in [0, 0.1) is 0 Å². The Bertz CT molecular complexity index is 554. The molecule has 0 heterocycles. The number of carbonyl (C=O) groups is 1. The van der Waals surface area contributed by atoms with E-state index in [-0.39, 0.29) is 11.8 Å². The van der Waals surface area contributed by atoms with E-state index >= 15 is 0 Å². The Hall–Kier alpha value is -1.61. The molecular weight excluding hydrogens is 302 g/mol. The molecule has 0 aromatic heterocycles. The van der Waals surface area contributed by atoms with Gasteiger partial charge in [0.05, 0.1) is 5.92 Å². The molecule has 19 heavy (non-hydrogen) atoms. The minimum Gasteiger partial charge on any atom is -0.351 e. The average Bonchev–Trinajstić information content (AvgIpc) is 2.46. The zero-order chi connectivity index (χ0) is 13.7. The summed E-state index contributed by atoms with van der Waals surface area (Å²) in [5, 5.41) is 2.97. The predicted molar refractivity (Wildman–Crippen MR) is 80.8 cm³/mol. The van der Waals surface area contributed by atoms with E-state index in [1.165, 1.54) is 0 Å². The molecule has 0 aliphatic carbocycles. The Morgan fingerprint density at radius 3 is 2.42 bits per heavy atom. The maximum absolute atomic E-state index is 12.1. The van der Waals surface area contributed by atoms with E-state index in [1.54, 1.807) is 0 Å². The van der Waals surface area contributed by atoms with Crippen LogP contribution >= 0.6 is 15.9 Å². The smallest absolute Gasteiger partial charge is 0.227 e. The largest absolute Gasteiger partial charge is 0.351 e. The number of benzene rings is 2. The van der Waals surface area contributed by atoms with Crippen LogP contribution in [0.4, 0.5) is 0 Å². The van der Waals surface area contributed by atoms with E-state index < -0.39 is 0 Å². The van der Waals surface area contributed by atoms with Crippen molar-refractivity contribution in [2.24, 2.45) is 0 Å². The van der Waals surface area contributed by atoms with Gasteiger partial charge in [0.1, 0.15) is 0 Å². The first-order chi connectivity index (χ1) is 9.18. The minimum absolute atomic E-state index is 0.0435. The maximum Gasteiger partial charge on any atom is 0.227 e. The molecule has 2 rings (SSSR count). The molecular formula is C16H16BrNO. The predicted octanol–water partition coefficient (Wildman–Crippen LogP) is 3.87. The Morgan fingerprint density at radius 2 is 1.74 bits per heavy atom. The number of amides is 1. The van der Waals surface area contributed by atoms with Gasteiger partial charge < -0.3 is 5.32 Å². The first-order valence-corrected chi connectivity index (χ1v) is 7.04. The normalized spacial score (nSPS) is 11.9. The van der Waals surface area contributed by atoms with Crippen molar-refractivity contribution >= 4 is 21.8 Å². The summed E-state index contributed by atoms with van der Waals surface area (Å²) < 4.78 is 1.02. The Labute approximate surface area is 122 Å². The van der Waals surface area contributed by atoms with Gasteiger partial charge >= 0.3 is 0 Å². The lowest BCUT2D eigenvalue weighted by Gasteiger charge is -2.13. The second-order valence-electron chi connectivity index (χ2n) is 4.44. The third-order valence-corrected chi connectivity index (χ3v) is 3.88. The first-order valence-electron chi connectivity index (χ1n) is 6.24. The van der Waals surface area contributed by atoms with Crippen molar-refractivity contribution in [2.75, 3.05) is 0 Å². The summed E-state index contributed by atoms with van der Waals surface area (Å²) >= 11 is 3.48. The van der Waals surface area contributed by atoms with Crippen molar-refractivity contribution in [3.8, 4) is 0 Å². The number of hydrogen-bond donors (Lipinski definition) is 1. The molecule has 98 valence electrons. The first kappa shape index (κ1) is 13.8. The summed E-state index contributed by atoms with van der Waals surface area (Å²) in [6.07, 6.45) is 0. The summed E-state index contributed by atoms with van der Waals surface area (Å²) in [5.74, 6) is -0.0920. The van der Waals surface area contributed by atoms with E-state index in [0.29, 0.717) is 6.54 Å². The minimum atomic E-state index is -0.135. The summed E-state index contributed by atoms with van der Waals surface area (Å²) in [4.78, 5) is 12.1. The van der Waals surface area contributed by atoms with Crippen LogP contribution in [0.5, 0.6) is 0 Å². The number of halogens is 1. The van der Waals surface area contributed by atoms with Gasteiger partial charge in [-0.3, -0.25) is 4.79 Å². The van der Waals surface area contributed by atoms with Crippen molar-refractivity contribution in [3.05, 3.63) is 70.2 Å². The molecule has 1 N–H and O–H groups in total. The molecule has 0 fully saturated rings. The highest BCUT2D eigenvalue weighted by molar-refractivity contribution is 9.10. The molecule has 0 aliphatic heterocycles. The molecule has 0 spiro atoms. The van der Waals surface area contributed by atoms with Crippen LogP contribution < -0.4 is 5.32 Å². The standard InChI is InChI=1S/C16H16BrNO/c1-12(13-7-3-2-4-8-13)16(19)18-11-14-9-5-6-10-15(14)17/h2-10,12H,11H2,1H3,(H,18,19). The highest BCUT2D eigenvalue weighted by atomic mass is 79.9. The van der Waals surface area contributed by atoms with Crippen LogP contribution in [0.1, 0.15) is 24.0 Å². The third-order valence-electron chi connectivity index (χ3n) is 3.10. The molecule has 0 saturated heterocycles. The Morgan fingerprint density at radius 1 is 1.11 bits per heavy atom. The number of hydrogen-bond acceptors (Lipinski definition) is 1. The van der Waals surface area contributed by atoms with E-state index in [4.69, 9.17) is 0 Å². The Balaban J connectivity index is 1.97.